The van der Waals surface area contributed by atoms with Crippen molar-refractivity contribution < 1.29 is 27.4 Å². The van der Waals surface area contributed by atoms with Crippen LogP contribution in [0.5, 0.6) is 6.01 Å². The van der Waals surface area contributed by atoms with Gasteiger partial charge in [-0.05, 0) is 92.2 Å². The Hall–Kier alpha value is -3.38. The Labute approximate surface area is 266 Å². The highest BCUT2D eigenvalue weighted by atomic mass is 35.5. The van der Waals surface area contributed by atoms with Gasteiger partial charge >= 0.3 is 18.3 Å². The van der Waals surface area contributed by atoms with Gasteiger partial charge in [-0.2, -0.15) is 23.1 Å². The second-order valence-electron chi connectivity index (χ2n) is 13.3. The number of halogens is 4. The first-order chi connectivity index (χ1) is 20.9. The molecule has 2 aliphatic heterocycles. The molecule has 3 aromatic rings. The van der Waals surface area contributed by atoms with Crippen LogP contribution in [0.15, 0.2) is 24.3 Å². The van der Waals surface area contributed by atoms with E-state index >= 15 is 0 Å². The van der Waals surface area contributed by atoms with Gasteiger partial charge in [0.15, 0.2) is 0 Å². The number of likely N-dealkylation sites (tertiary alicyclic amines) is 1. The number of ether oxygens (including phenoxy) is 2. The molecule has 0 saturated carbocycles. The summed E-state index contributed by atoms with van der Waals surface area (Å²) >= 11 is 6.71. The van der Waals surface area contributed by atoms with Crippen molar-refractivity contribution in [3.8, 4) is 17.3 Å². The lowest BCUT2D eigenvalue weighted by atomic mass is 9.96. The second kappa shape index (κ2) is 12.1. The lowest BCUT2D eigenvalue weighted by Crippen LogP contribution is -2.50. The van der Waals surface area contributed by atoms with E-state index in [2.05, 4.69) is 16.9 Å². The maximum absolute atomic E-state index is 14.1. The lowest BCUT2D eigenvalue weighted by Gasteiger charge is -2.37. The minimum absolute atomic E-state index is 0.0879. The number of aromatic nitrogens is 3. The molecule has 0 spiro atoms. The number of benzene rings is 1. The van der Waals surface area contributed by atoms with Crippen molar-refractivity contribution in [3.63, 3.8) is 0 Å². The smallest absolute Gasteiger partial charge is 0.418 e. The maximum Gasteiger partial charge on any atom is 0.418 e. The summed E-state index contributed by atoms with van der Waals surface area (Å²) in [5.74, 6) is 0.524. The third kappa shape index (κ3) is 7.22. The van der Waals surface area contributed by atoms with Crippen molar-refractivity contribution in [2.24, 2.45) is 0 Å². The van der Waals surface area contributed by atoms with Crippen molar-refractivity contribution in [2.45, 2.75) is 77.8 Å². The molecule has 0 aliphatic carbocycles. The molecule has 1 amide bonds. The number of amides is 1. The summed E-state index contributed by atoms with van der Waals surface area (Å²) in [4.78, 5) is 32.4. The number of hydrogen-bond acceptors (Lipinski definition) is 8. The second-order valence-corrected chi connectivity index (χ2v) is 13.7. The zero-order chi connectivity index (χ0) is 32.9. The van der Waals surface area contributed by atoms with Gasteiger partial charge < -0.3 is 19.3 Å². The number of carbonyl (C=O) groups excluding carboxylic acids is 1. The van der Waals surface area contributed by atoms with Crippen molar-refractivity contribution in [1.29, 1.82) is 0 Å². The number of pyridine rings is 1. The molecule has 5 rings (SSSR count). The van der Waals surface area contributed by atoms with E-state index in [1.165, 1.54) is 12.1 Å². The van der Waals surface area contributed by atoms with Gasteiger partial charge in [0.05, 0.1) is 21.8 Å². The van der Waals surface area contributed by atoms with Crippen LogP contribution in [0, 0.1) is 6.92 Å². The van der Waals surface area contributed by atoms with Crippen LogP contribution in [0.3, 0.4) is 0 Å². The topological polar surface area (TPSA) is 83.9 Å². The van der Waals surface area contributed by atoms with E-state index in [1.54, 1.807) is 17.9 Å². The molecular weight excluding hydrogens is 609 g/mol. The number of alkyl halides is 3. The molecular formula is C32H40ClF3N6O3. The first-order valence-corrected chi connectivity index (χ1v) is 15.5. The highest BCUT2D eigenvalue weighted by Crippen LogP contribution is 2.41. The fourth-order valence-corrected chi connectivity index (χ4v) is 6.34. The van der Waals surface area contributed by atoms with Gasteiger partial charge in [0.25, 0.3) is 0 Å². The average Bonchev–Trinajstić information content (AvgIpc) is 3.38. The number of piperazine rings is 1. The molecule has 1 atom stereocenters. The number of rotatable bonds is 5. The van der Waals surface area contributed by atoms with E-state index in [9.17, 15) is 18.0 Å². The van der Waals surface area contributed by atoms with Crippen LogP contribution in [0.2, 0.25) is 5.02 Å². The highest BCUT2D eigenvalue weighted by molar-refractivity contribution is 6.34. The summed E-state index contributed by atoms with van der Waals surface area (Å²) in [6.07, 6.45) is -3.02. The van der Waals surface area contributed by atoms with Crippen molar-refractivity contribution in [1.82, 2.24) is 24.8 Å². The number of aryl methyl sites for hydroxylation is 1. The largest absolute Gasteiger partial charge is 0.456 e. The Kier molecular flexibility index (Phi) is 8.87. The van der Waals surface area contributed by atoms with Crippen molar-refractivity contribution >= 4 is 34.4 Å². The minimum atomic E-state index is -4.63. The zero-order valence-electron chi connectivity index (χ0n) is 26.8. The van der Waals surface area contributed by atoms with Crippen LogP contribution in [0.1, 0.15) is 58.7 Å². The number of anilines is 1. The Morgan fingerprint density at radius 2 is 1.67 bits per heavy atom. The number of fused-ring (bicyclic) bond motifs is 1. The summed E-state index contributed by atoms with van der Waals surface area (Å²) in [7, 11) is 2.06. The number of likely N-dealkylation sites (N-methyl/N-ethyl adjacent to an activating group) is 1. The zero-order valence-corrected chi connectivity index (χ0v) is 27.5. The van der Waals surface area contributed by atoms with Gasteiger partial charge in [0.1, 0.15) is 17.0 Å². The molecule has 0 bridgehead atoms. The SMILES string of the molecule is Cc1ccc(C(F)(F)F)c(-c2cc3nc(OC(C)(C)[C@@H]4CCCN4C)nc(N4CCN(C(=O)OC(C)(C)C)CC4)c3cc2Cl)n1. The summed E-state index contributed by atoms with van der Waals surface area (Å²) in [5.41, 5.74) is -1.51. The molecule has 4 heterocycles. The van der Waals surface area contributed by atoms with E-state index in [0.29, 0.717) is 48.6 Å². The molecule has 2 aliphatic rings. The van der Waals surface area contributed by atoms with Crippen LogP contribution in [0.4, 0.5) is 23.8 Å². The van der Waals surface area contributed by atoms with Crippen molar-refractivity contribution in [2.75, 3.05) is 44.7 Å². The number of hydrogen-bond donors (Lipinski definition) is 0. The van der Waals surface area contributed by atoms with Crippen LogP contribution in [-0.2, 0) is 10.9 Å². The van der Waals surface area contributed by atoms with E-state index in [4.69, 9.17) is 31.0 Å². The maximum atomic E-state index is 14.1. The Morgan fingerprint density at radius 3 is 2.27 bits per heavy atom. The predicted molar refractivity (Wildman–Crippen MR) is 168 cm³/mol. The Balaban J connectivity index is 1.58. The first-order valence-electron chi connectivity index (χ1n) is 15.1. The fourth-order valence-electron chi connectivity index (χ4n) is 6.09. The molecule has 2 saturated heterocycles. The molecule has 1 aromatic carbocycles. The molecule has 0 radical (unpaired) electrons. The summed E-state index contributed by atoms with van der Waals surface area (Å²) < 4.78 is 54.2. The van der Waals surface area contributed by atoms with Gasteiger partial charge in [-0.25, -0.2) is 4.79 Å². The third-order valence-electron chi connectivity index (χ3n) is 8.25. The van der Waals surface area contributed by atoms with Crippen LogP contribution in [0.25, 0.3) is 22.2 Å². The van der Waals surface area contributed by atoms with Crippen LogP contribution >= 0.6 is 11.6 Å². The van der Waals surface area contributed by atoms with Gasteiger partial charge in [0.2, 0.25) is 0 Å². The van der Waals surface area contributed by atoms with Gasteiger partial charge in [0, 0.05) is 48.9 Å². The molecule has 244 valence electrons. The fraction of sp³-hybridized carbons (Fsp3) is 0.562. The molecule has 13 heteroatoms. The average molecular weight is 649 g/mol. The normalized spacial score (nSPS) is 18.5. The molecule has 0 unspecified atom stereocenters. The van der Waals surface area contributed by atoms with E-state index in [-0.39, 0.29) is 34.4 Å². The monoisotopic (exact) mass is 648 g/mol. The van der Waals surface area contributed by atoms with E-state index < -0.39 is 22.9 Å². The molecule has 2 fully saturated rings. The predicted octanol–water partition coefficient (Wildman–Crippen LogP) is 6.98. The van der Waals surface area contributed by atoms with E-state index in [0.717, 1.165) is 25.5 Å². The minimum Gasteiger partial charge on any atom is -0.456 e. The van der Waals surface area contributed by atoms with Crippen molar-refractivity contribution in [3.05, 3.63) is 40.5 Å². The number of carbonyl (C=O) groups is 1. The third-order valence-corrected chi connectivity index (χ3v) is 8.56. The highest BCUT2D eigenvalue weighted by Gasteiger charge is 2.39. The van der Waals surface area contributed by atoms with Gasteiger partial charge in [-0.15, -0.1) is 0 Å². The molecule has 2 aromatic heterocycles. The Bertz CT molecular complexity index is 1590. The van der Waals surface area contributed by atoms with Gasteiger partial charge in [-0.1, -0.05) is 11.6 Å². The number of nitrogens with zero attached hydrogens (tertiary/aromatic N) is 6. The Morgan fingerprint density at radius 1 is 0.978 bits per heavy atom. The van der Waals surface area contributed by atoms with Crippen LogP contribution in [-0.4, -0.2) is 87.9 Å². The summed E-state index contributed by atoms with van der Waals surface area (Å²) in [6.45, 7) is 13.7. The molecule has 9 nitrogen and oxygen atoms in total. The lowest BCUT2D eigenvalue weighted by molar-refractivity contribution is -0.137. The van der Waals surface area contributed by atoms with Crippen LogP contribution < -0.4 is 9.64 Å². The van der Waals surface area contributed by atoms with E-state index in [1.807, 2.05) is 39.5 Å². The molecule has 45 heavy (non-hydrogen) atoms. The first kappa shape index (κ1) is 33.0. The summed E-state index contributed by atoms with van der Waals surface area (Å²) in [6, 6.07) is 5.70. The quantitative estimate of drug-likeness (QED) is 0.293. The van der Waals surface area contributed by atoms with Gasteiger partial charge in [-0.3, -0.25) is 9.88 Å². The summed E-state index contributed by atoms with van der Waals surface area (Å²) in [5, 5.41) is 0.642. The molecule has 0 N–H and O–H groups in total. The standard InChI is InChI=1S/C32H40ClF3N6O3/c1-19-10-11-22(32(34,35)36)26(37-19)20-18-24-21(17-23(20)33)27(41-13-15-42(16-14-41)29(43)45-30(2,3)4)39-28(38-24)44-31(5,6)25-9-8-12-40(25)7/h10-11,17-18,25H,8-9,12-16H2,1-7H3/t25-/m0/s1.